The van der Waals surface area contributed by atoms with Gasteiger partial charge in [0.15, 0.2) is 5.78 Å². The van der Waals surface area contributed by atoms with Crippen molar-refractivity contribution in [3.63, 3.8) is 0 Å². The highest BCUT2D eigenvalue weighted by atomic mass is 16.5. The summed E-state index contributed by atoms with van der Waals surface area (Å²) in [5, 5.41) is 0. The first kappa shape index (κ1) is 14.3. The molecule has 0 fully saturated rings. The minimum absolute atomic E-state index is 0.0445. The fourth-order valence-electron chi connectivity index (χ4n) is 2.03. The van der Waals surface area contributed by atoms with Gasteiger partial charge in [0.1, 0.15) is 11.5 Å². The first-order valence-corrected chi connectivity index (χ1v) is 6.66. The van der Waals surface area contributed by atoms with Crippen LogP contribution < -0.4 is 4.74 Å². The number of likely N-dealkylation sites (N-methyl/N-ethyl adjacent to an activating group) is 1. The number of nitrogens with zero attached hydrogens (tertiary/aromatic N) is 1. The summed E-state index contributed by atoms with van der Waals surface area (Å²) < 4.78 is 10.8. The molecule has 0 spiro atoms. The molecule has 4 heteroatoms. The Morgan fingerprint density at radius 2 is 2.05 bits per heavy atom. The lowest BCUT2D eigenvalue weighted by Crippen LogP contribution is -2.25. The minimum atomic E-state index is 0.0445. The smallest absolute Gasteiger partial charge is 0.180 e. The number of para-hydroxylation sites is 1. The highest BCUT2D eigenvalue weighted by Gasteiger charge is 2.14. The van der Waals surface area contributed by atoms with Gasteiger partial charge in [0.25, 0.3) is 0 Å². The normalized spacial score (nSPS) is 10.8. The SMILES string of the molecule is CCOc1ccccc1C(=O)CN(C)Cc1ccco1. The average molecular weight is 273 g/mol. The van der Waals surface area contributed by atoms with Crippen LogP contribution >= 0.6 is 0 Å². The molecule has 0 saturated carbocycles. The molecule has 0 aliphatic carbocycles. The second-order valence-corrected chi connectivity index (χ2v) is 4.60. The van der Waals surface area contributed by atoms with Crippen molar-refractivity contribution in [3.8, 4) is 5.75 Å². The van der Waals surface area contributed by atoms with Crippen molar-refractivity contribution in [2.75, 3.05) is 20.2 Å². The van der Waals surface area contributed by atoms with Crippen LogP contribution in [0.4, 0.5) is 0 Å². The number of benzene rings is 1. The van der Waals surface area contributed by atoms with Gasteiger partial charge in [0, 0.05) is 0 Å². The van der Waals surface area contributed by atoms with E-state index in [1.165, 1.54) is 0 Å². The molecule has 0 saturated heterocycles. The number of hydrogen-bond acceptors (Lipinski definition) is 4. The van der Waals surface area contributed by atoms with E-state index >= 15 is 0 Å². The summed E-state index contributed by atoms with van der Waals surface area (Å²) >= 11 is 0. The predicted molar refractivity (Wildman–Crippen MR) is 77.0 cm³/mol. The van der Waals surface area contributed by atoms with Crippen molar-refractivity contribution in [1.29, 1.82) is 0 Å². The molecule has 0 N–H and O–H groups in total. The molecule has 106 valence electrons. The van der Waals surface area contributed by atoms with Gasteiger partial charge in [0.2, 0.25) is 0 Å². The molecule has 0 aliphatic rings. The molecule has 1 heterocycles. The van der Waals surface area contributed by atoms with E-state index in [9.17, 15) is 4.79 Å². The average Bonchev–Trinajstić information content (AvgIpc) is 2.92. The van der Waals surface area contributed by atoms with Crippen LogP contribution in [-0.2, 0) is 6.54 Å². The van der Waals surface area contributed by atoms with E-state index in [1.54, 1.807) is 12.3 Å². The zero-order chi connectivity index (χ0) is 14.4. The molecule has 4 nitrogen and oxygen atoms in total. The predicted octanol–water partition coefficient (Wildman–Crippen LogP) is 2.99. The number of hydrogen-bond donors (Lipinski definition) is 0. The van der Waals surface area contributed by atoms with Gasteiger partial charge in [-0.05, 0) is 38.2 Å². The summed E-state index contributed by atoms with van der Waals surface area (Å²) in [7, 11) is 1.89. The summed E-state index contributed by atoms with van der Waals surface area (Å²) in [6, 6.07) is 11.1. The van der Waals surface area contributed by atoms with Crippen LogP contribution in [-0.4, -0.2) is 30.9 Å². The van der Waals surface area contributed by atoms with Gasteiger partial charge in [-0.25, -0.2) is 0 Å². The van der Waals surface area contributed by atoms with Crippen LogP contribution in [0.3, 0.4) is 0 Å². The Labute approximate surface area is 119 Å². The molecule has 0 aliphatic heterocycles. The number of rotatable bonds is 7. The van der Waals surface area contributed by atoms with E-state index in [-0.39, 0.29) is 5.78 Å². The van der Waals surface area contributed by atoms with Crippen molar-refractivity contribution in [1.82, 2.24) is 4.90 Å². The van der Waals surface area contributed by atoms with Crippen molar-refractivity contribution in [3.05, 3.63) is 54.0 Å². The molecule has 0 amide bonds. The maximum absolute atomic E-state index is 12.3. The van der Waals surface area contributed by atoms with Gasteiger partial charge < -0.3 is 9.15 Å². The lowest BCUT2D eigenvalue weighted by molar-refractivity contribution is 0.0936. The quantitative estimate of drug-likeness (QED) is 0.727. The molecule has 0 bridgehead atoms. The van der Waals surface area contributed by atoms with Gasteiger partial charge in [0.05, 0.1) is 31.5 Å². The minimum Gasteiger partial charge on any atom is -0.493 e. The number of Topliss-reactive ketones (excluding diaryl/α,β-unsaturated/α-hetero) is 1. The van der Waals surface area contributed by atoms with Crippen LogP contribution in [0.15, 0.2) is 47.1 Å². The summed E-state index contributed by atoms with van der Waals surface area (Å²) in [4.78, 5) is 14.2. The van der Waals surface area contributed by atoms with Gasteiger partial charge in [-0.15, -0.1) is 0 Å². The van der Waals surface area contributed by atoms with E-state index in [1.807, 2.05) is 49.2 Å². The zero-order valence-corrected chi connectivity index (χ0v) is 11.8. The first-order valence-electron chi connectivity index (χ1n) is 6.66. The lowest BCUT2D eigenvalue weighted by atomic mass is 10.1. The Bertz CT molecular complexity index is 549. The summed E-state index contributed by atoms with van der Waals surface area (Å²) in [5.41, 5.74) is 0.626. The third-order valence-electron chi connectivity index (χ3n) is 2.91. The second-order valence-electron chi connectivity index (χ2n) is 4.60. The largest absolute Gasteiger partial charge is 0.493 e. The van der Waals surface area contributed by atoms with Gasteiger partial charge >= 0.3 is 0 Å². The Hall–Kier alpha value is -2.07. The van der Waals surface area contributed by atoms with Gasteiger partial charge in [-0.3, -0.25) is 9.69 Å². The number of furan rings is 1. The number of carbonyl (C=O) groups excluding carboxylic acids is 1. The molecule has 0 radical (unpaired) electrons. The second kappa shape index (κ2) is 6.91. The topological polar surface area (TPSA) is 42.7 Å². The standard InChI is InChI=1S/C16H19NO3/c1-3-19-16-9-5-4-8-14(16)15(18)12-17(2)11-13-7-6-10-20-13/h4-10H,3,11-12H2,1-2H3. The van der Waals surface area contributed by atoms with Crippen LogP contribution in [0.2, 0.25) is 0 Å². The molecule has 2 aromatic rings. The zero-order valence-electron chi connectivity index (χ0n) is 11.8. The van der Waals surface area contributed by atoms with Crippen molar-refractivity contribution in [2.24, 2.45) is 0 Å². The Morgan fingerprint density at radius 3 is 2.75 bits per heavy atom. The maximum atomic E-state index is 12.3. The summed E-state index contributed by atoms with van der Waals surface area (Å²) in [6.45, 7) is 3.39. The van der Waals surface area contributed by atoms with Crippen molar-refractivity contribution in [2.45, 2.75) is 13.5 Å². The maximum Gasteiger partial charge on any atom is 0.180 e. The Balaban J connectivity index is 2.00. The van der Waals surface area contributed by atoms with Crippen LogP contribution in [0.5, 0.6) is 5.75 Å². The molecule has 20 heavy (non-hydrogen) atoms. The van der Waals surface area contributed by atoms with E-state index in [0.29, 0.717) is 31.0 Å². The molecule has 0 unspecified atom stereocenters. The van der Waals surface area contributed by atoms with Crippen LogP contribution in [0.25, 0.3) is 0 Å². The van der Waals surface area contributed by atoms with Crippen LogP contribution in [0, 0.1) is 0 Å². The van der Waals surface area contributed by atoms with Crippen molar-refractivity contribution < 1.29 is 13.9 Å². The Kier molecular flexibility index (Phi) is 4.96. The molecule has 0 atom stereocenters. The third kappa shape index (κ3) is 3.71. The molecule has 1 aromatic heterocycles. The summed E-state index contributed by atoms with van der Waals surface area (Å²) in [5.74, 6) is 1.54. The lowest BCUT2D eigenvalue weighted by Gasteiger charge is -2.15. The van der Waals surface area contributed by atoms with E-state index in [0.717, 1.165) is 5.76 Å². The molecule has 2 rings (SSSR count). The number of carbonyl (C=O) groups is 1. The molecular weight excluding hydrogens is 254 g/mol. The van der Waals surface area contributed by atoms with Crippen molar-refractivity contribution >= 4 is 5.78 Å². The van der Waals surface area contributed by atoms with Gasteiger partial charge in [-0.2, -0.15) is 0 Å². The molecular formula is C16H19NO3. The van der Waals surface area contributed by atoms with E-state index < -0.39 is 0 Å². The number of ether oxygens (including phenoxy) is 1. The fourth-order valence-corrected chi connectivity index (χ4v) is 2.03. The van der Waals surface area contributed by atoms with E-state index in [2.05, 4.69) is 0 Å². The molecule has 1 aromatic carbocycles. The Morgan fingerprint density at radius 1 is 1.25 bits per heavy atom. The third-order valence-corrected chi connectivity index (χ3v) is 2.91. The highest BCUT2D eigenvalue weighted by molar-refractivity contribution is 6.00. The monoisotopic (exact) mass is 273 g/mol. The fraction of sp³-hybridized carbons (Fsp3) is 0.312. The summed E-state index contributed by atoms with van der Waals surface area (Å²) in [6.07, 6.45) is 1.63. The van der Waals surface area contributed by atoms with Gasteiger partial charge in [-0.1, -0.05) is 12.1 Å². The number of ketones is 1. The van der Waals surface area contributed by atoms with Crippen LogP contribution in [0.1, 0.15) is 23.0 Å². The van der Waals surface area contributed by atoms with E-state index in [4.69, 9.17) is 9.15 Å². The highest BCUT2D eigenvalue weighted by Crippen LogP contribution is 2.19. The first-order chi connectivity index (χ1) is 9.70.